The molecule has 1 heterocycles. The van der Waals surface area contributed by atoms with Crippen LogP contribution in [-0.4, -0.2) is 35.8 Å². The molecule has 0 aliphatic rings. The second-order valence-corrected chi connectivity index (χ2v) is 3.34. The van der Waals surface area contributed by atoms with Crippen LogP contribution in [0.5, 0.6) is 0 Å². The fourth-order valence-corrected chi connectivity index (χ4v) is 1.16. The number of carboxylic acid groups (broad SMARTS) is 1. The minimum Gasteiger partial charge on any atom is -0.477 e. The molecule has 0 saturated heterocycles. The van der Waals surface area contributed by atoms with Gasteiger partial charge in [-0.2, -0.15) is 0 Å². The topological polar surface area (TPSA) is 106 Å². The molecule has 7 heteroatoms. The van der Waals surface area contributed by atoms with Gasteiger partial charge in [0.25, 0.3) is 0 Å². The molecule has 1 aromatic rings. The van der Waals surface area contributed by atoms with Gasteiger partial charge in [0.15, 0.2) is 11.5 Å². The van der Waals surface area contributed by atoms with E-state index in [2.05, 4.69) is 11.6 Å². The highest BCUT2D eigenvalue weighted by Gasteiger charge is 2.18. The molecule has 0 saturated carbocycles. The predicted octanol–water partition coefficient (Wildman–Crippen LogP) is 1.12. The molecular weight excluding hydrogens is 238 g/mol. The summed E-state index contributed by atoms with van der Waals surface area (Å²) < 4.78 is 4.79. The van der Waals surface area contributed by atoms with Gasteiger partial charge in [0.05, 0.1) is 5.69 Å². The molecule has 18 heavy (non-hydrogen) atoms. The van der Waals surface area contributed by atoms with Gasteiger partial charge in [-0.1, -0.05) is 12.7 Å². The Kier molecular flexibility index (Phi) is 4.25. The van der Waals surface area contributed by atoms with E-state index in [-0.39, 0.29) is 23.8 Å². The maximum Gasteiger partial charge on any atom is 0.415 e. The van der Waals surface area contributed by atoms with Crippen LogP contribution in [0.3, 0.4) is 0 Å². The van der Waals surface area contributed by atoms with Gasteiger partial charge < -0.3 is 15.6 Å². The number of nitrogen functional groups attached to an aromatic ring is 1. The van der Waals surface area contributed by atoms with Crippen LogP contribution < -0.4 is 10.6 Å². The van der Waals surface area contributed by atoms with Crippen molar-refractivity contribution in [2.75, 3.05) is 24.3 Å². The molecule has 96 valence electrons. The van der Waals surface area contributed by atoms with Crippen LogP contribution in [0.4, 0.5) is 16.3 Å². The zero-order chi connectivity index (χ0) is 13.7. The van der Waals surface area contributed by atoms with Crippen LogP contribution in [0.1, 0.15) is 10.5 Å². The minimum atomic E-state index is -1.20. The van der Waals surface area contributed by atoms with Crippen molar-refractivity contribution in [1.82, 2.24) is 4.98 Å². The molecule has 1 aromatic heterocycles. The molecule has 1 rings (SSSR count). The van der Waals surface area contributed by atoms with Crippen LogP contribution in [0.25, 0.3) is 0 Å². The molecule has 0 aliphatic carbocycles. The highest BCUT2D eigenvalue weighted by atomic mass is 16.6. The first-order valence-corrected chi connectivity index (χ1v) is 4.98. The molecule has 0 bridgehead atoms. The number of rotatable bonds is 4. The maximum atomic E-state index is 11.5. The number of carbonyl (C=O) groups is 2. The Morgan fingerprint density at radius 3 is 2.83 bits per heavy atom. The third kappa shape index (κ3) is 2.97. The van der Waals surface area contributed by atoms with Gasteiger partial charge in [-0.15, -0.1) is 0 Å². The van der Waals surface area contributed by atoms with Crippen LogP contribution in [0.15, 0.2) is 24.8 Å². The summed E-state index contributed by atoms with van der Waals surface area (Å²) in [5.41, 5.74) is 5.60. The highest BCUT2D eigenvalue weighted by Crippen LogP contribution is 2.20. The number of ether oxygens (including phenoxy) is 1. The Balaban J connectivity index is 3.00. The van der Waals surface area contributed by atoms with Gasteiger partial charge in [0, 0.05) is 7.05 Å². The standard InChI is InChI=1S/C11H13N3O4/c1-3-6-18-11(17)14(2)9-7(12)4-5-8(13-9)10(15)16/h3-5H,1,6,12H2,2H3,(H,15,16). The Bertz CT molecular complexity index is 487. The summed E-state index contributed by atoms with van der Waals surface area (Å²) in [6.45, 7) is 3.45. The molecule has 1 amide bonds. The summed E-state index contributed by atoms with van der Waals surface area (Å²) in [6.07, 6.45) is 0.715. The number of aromatic nitrogens is 1. The number of amides is 1. The molecule has 0 spiro atoms. The van der Waals surface area contributed by atoms with E-state index >= 15 is 0 Å². The summed E-state index contributed by atoms with van der Waals surface area (Å²) in [4.78, 5) is 27.1. The number of pyridine rings is 1. The molecule has 0 atom stereocenters. The SMILES string of the molecule is C=CCOC(=O)N(C)c1nc(C(=O)O)ccc1N. The first-order chi connectivity index (χ1) is 8.47. The van der Waals surface area contributed by atoms with E-state index in [4.69, 9.17) is 15.6 Å². The average molecular weight is 251 g/mol. The van der Waals surface area contributed by atoms with Crippen molar-refractivity contribution in [2.24, 2.45) is 0 Å². The van der Waals surface area contributed by atoms with E-state index in [0.29, 0.717) is 0 Å². The molecule has 0 aromatic carbocycles. The summed E-state index contributed by atoms with van der Waals surface area (Å²) in [5.74, 6) is -1.17. The van der Waals surface area contributed by atoms with Gasteiger partial charge in [-0.3, -0.25) is 4.90 Å². The first-order valence-electron chi connectivity index (χ1n) is 4.98. The smallest absolute Gasteiger partial charge is 0.415 e. The normalized spacial score (nSPS) is 9.61. The van der Waals surface area contributed by atoms with Crippen molar-refractivity contribution >= 4 is 23.6 Å². The lowest BCUT2D eigenvalue weighted by Gasteiger charge is -2.17. The monoisotopic (exact) mass is 251 g/mol. The van der Waals surface area contributed by atoms with E-state index in [1.54, 1.807) is 0 Å². The molecule has 0 aliphatic heterocycles. The van der Waals surface area contributed by atoms with Gasteiger partial charge in [-0.05, 0) is 12.1 Å². The number of nitrogens with two attached hydrogens (primary N) is 1. The van der Waals surface area contributed by atoms with Crippen LogP contribution >= 0.6 is 0 Å². The molecule has 0 fully saturated rings. The Morgan fingerprint density at radius 1 is 1.61 bits per heavy atom. The molecule has 7 nitrogen and oxygen atoms in total. The van der Waals surface area contributed by atoms with Gasteiger partial charge >= 0.3 is 12.1 Å². The first kappa shape index (κ1) is 13.5. The number of hydrogen-bond acceptors (Lipinski definition) is 5. The summed E-state index contributed by atoms with van der Waals surface area (Å²) in [5, 5.41) is 8.81. The van der Waals surface area contributed by atoms with Crippen molar-refractivity contribution in [3.8, 4) is 0 Å². The van der Waals surface area contributed by atoms with Crippen LogP contribution in [0, 0.1) is 0 Å². The van der Waals surface area contributed by atoms with Crippen molar-refractivity contribution in [3.63, 3.8) is 0 Å². The van der Waals surface area contributed by atoms with Crippen molar-refractivity contribution in [2.45, 2.75) is 0 Å². The zero-order valence-corrected chi connectivity index (χ0v) is 9.79. The number of hydrogen-bond donors (Lipinski definition) is 2. The number of aromatic carboxylic acids is 1. The number of carboxylic acids is 1. The van der Waals surface area contributed by atoms with Crippen molar-refractivity contribution in [1.29, 1.82) is 0 Å². The molecule has 0 unspecified atom stereocenters. The van der Waals surface area contributed by atoms with Gasteiger partial charge in [0.1, 0.15) is 6.61 Å². The van der Waals surface area contributed by atoms with Gasteiger partial charge in [-0.25, -0.2) is 14.6 Å². The third-order valence-corrected chi connectivity index (χ3v) is 2.04. The fraction of sp³-hybridized carbons (Fsp3) is 0.182. The minimum absolute atomic E-state index is 0.0314. The summed E-state index contributed by atoms with van der Waals surface area (Å²) >= 11 is 0. The highest BCUT2D eigenvalue weighted by molar-refractivity contribution is 5.92. The lowest BCUT2D eigenvalue weighted by molar-refractivity contribution is 0.0690. The second kappa shape index (κ2) is 5.67. The third-order valence-electron chi connectivity index (χ3n) is 2.04. The van der Waals surface area contributed by atoms with Crippen molar-refractivity contribution in [3.05, 3.63) is 30.5 Å². The van der Waals surface area contributed by atoms with E-state index in [1.165, 1.54) is 25.3 Å². The number of nitrogens with zero attached hydrogens (tertiary/aromatic N) is 2. The predicted molar refractivity (Wildman–Crippen MR) is 65.6 cm³/mol. The Hall–Kier alpha value is -2.57. The Morgan fingerprint density at radius 2 is 2.28 bits per heavy atom. The summed E-state index contributed by atoms with van der Waals surface area (Å²) in [7, 11) is 1.38. The lowest BCUT2D eigenvalue weighted by atomic mass is 10.3. The fourth-order valence-electron chi connectivity index (χ4n) is 1.16. The largest absolute Gasteiger partial charge is 0.477 e. The second-order valence-electron chi connectivity index (χ2n) is 3.34. The molecule has 3 N–H and O–H groups in total. The zero-order valence-electron chi connectivity index (χ0n) is 9.79. The Labute approximate surface area is 103 Å². The van der Waals surface area contributed by atoms with E-state index < -0.39 is 12.1 Å². The lowest BCUT2D eigenvalue weighted by Crippen LogP contribution is -2.29. The molecule has 0 radical (unpaired) electrons. The number of anilines is 2. The quantitative estimate of drug-likeness (QED) is 0.777. The van der Waals surface area contributed by atoms with Crippen LogP contribution in [0.2, 0.25) is 0 Å². The average Bonchev–Trinajstić information content (AvgIpc) is 2.35. The summed E-state index contributed by atoms with van der Waals surface area (Å²) in [6, 6.07) is 2.62. The van der Waals surface area contributed by atoms with E-state index in [0.717, 1.165) is 4.90 Å². The van der Waals surface area contributed by atoms with Crippen LogP contribution in [-0.2, 0) is 4.74 Å². The van der Waals surface area contributed by atoms with E-state index in [1.807, 2.05) is 0 Å². The van der Waals surface area contributed by atoms with Gasteiger partial charge in [0.2, 0.25) is 0 Å². The van der Waals surface area contributed by atoms with Crippen molar-refractivity contribution < 1.29 is 19.4 Å². The maximum absolute atomic E-state index is 11.5. The molecular formula is C11H13N3O4. The number of carbonyl (C=O) groups excluding carboxylic acids is 1. The van der Waals surface area contributed by atoms with E-state index in [9.17, 15) is 9.59 Å².